The number of benzene rings is 1. The lowest BCUT2D eigenvalue weighted by atomic mass is 9.76. The summed E-state index contributed by atoms with van der Waals surface area (Å²) in [6.07, 6.45) is 2.86. The van der Waals surface area contributed by atoms with Crippen molar-refractivity contribution in [3.8, 4) is 0 Å². The van der Waals surface area contributed by atoms with E-state index in [0.717, 1.165) is 0 Å². The Kier molecular flexibility index (Phi) is 3.82. The quantitative estimate of drug-likeness (QED) is 0.634. The molecule has 0 aliphatic heterocycles. The fraction of sp³-hybridized carbons (Fsp3) is 0.200. The van der Waals surface area contributed by atoms with E-state index in [4.69, 9.17) is 5.21 Å². The predicted molar refractivity (Wildman–Crippen MR) is 75.9 cm³/mol. The molecule has 21 heavy (non-hydrogen) atoms. The van der Waals surface area contributed by atoms with Crippen molar-refractivity contribution in [3.63, 3.8) is 0 Å². The van der Waals surface area contributed by atoms with Gasteiger partial charge in [0.15, 0.2) is 0 Å². The third-order valence-electron chi connectivity index (χ3n) is 3.48. The Hall–Kier alpha value is -2.60. The van der Waals surface area contributed by atoms with Crippen molar-refractivity contribution in [2.24, 2.45) is 5.41 Å². The molecule has 6 heteroatoms. The maximum absolute atomic E-state index is 11.4. The van der Waals surface area contributed by atoms with E-state index in [2.05, 4.69) is 0 Å². The van der Waals surface area contributed by atoms with Crippen LogP contribution in [0.25, 0.3) is 5.57 Å². The average molecular weight is 289 g/mol. The molecule has 1 aromatic carbocycles. The number of carboxylic acid groups (broad SMARTS) is 2. The van der Waals surface area contributed by atoms with Gasteiger partial charge in [-0.2, -0.15) is 0 Å². The summed E-state index contributed by atoms with van der Waals surface area (Å²) in [7, 11) is 0. The molecule has 4 N–H and O–H groups in total. The lowest BCUT2D eigenvalue weighted by molar-refractivity contribution is -0.145. The molecule has 2 rings (SSSR count). The van der Waals surface area contributed by atoms with Crippen molar-refractivity contribution >= 4 is 23.2 Å². The highest BCUT2D eigenvalue weighted by Crippen LogP contribution is 2.39. The first kappa shape index (κ1) is 14.8. The van der Waals surface area contributed by atoms with E-state index in [1.54, 1.807) is 24.3 Å². The number of hydrogen-bond donors (Lipinski definition) is 4. The molecule has 0 spiro atoms. The van der Waals surface area contributed by atoms with E-state index in [9.17, 15) is 19.8 Å². The number of para-hydroxylation sites is 1. The first-order valence-electron chi connectivity index (χ1n) is 6.27. The molecule has 1 aromatic rings. The maximum atomic E-state index is 11.4. The Balaban J connectivity index is 2.60. The molecule has 0 aromatic heterocycles. The van der Waals surface area contributed by atoms with E-state index in [-0.39, 0.29) is 12.0 Å². The van der Waals surface area contributed by atoms with Gasteiger partial charge in [0.25, 0.3) is 0 Å². The standard InChI is InChI=1S/C15H15NO5/c1-15(14(19)20)7-9(6-10(8-15)13(17)18)11-4-2-3-5-12(11)16-21/h2-7,16,21H,8H2,1H3,(H,17,18)(H,19,20). The van der Waals surface area contributed by atoms with Crippen LogP contribution in [0.4, 0.5) is 5.69 Å². The summed E-state index contributed by atoms with van der Waals surface area (Å²) in [6.45, 7) is 1.47. The molecule has 0 radical (unpaired) electrons. The molecule has 1 atom stereocenters. The van der Waals surface area contributed by atoms with Gasteiger partial charge in [0.2, 0.25) is 0 Å². The first-order valence-corrected chi connectivity index (χ1v) is 6.27. The van der Waals surface area contributed by atoms with Gasteiger partial charge in [0.05, 0.1) is 11.1 Å². The van der Waals surface area contributed by atoms with Crippen LogP contribution in [0.3, 0.4) is 0 Å². The predicted octanol–water partition coefficient (Wildman–Crippen LogP) is 2.38. The Morgan fingerprint density at radius 3 is 2.48 bits per heavy atom. The van der Waals surface area contributed by atoms with Crippen molar-refractivity contribution in [1.82, 2.24) is 0 Å². The number of nitrogens with one attached hydrogen (secondary N) is 1. The summed E-state index contributed by atoms with van der Waals surface area (Å²) in [5, 5.41) is 27.7. The number of rotatable bonds is 4. The van der Waals surface area contributed by atoms with Gasteiger partial charge in [-0.25, -0.2) is 4.79 Å². The largest absolute Gasteiger partial charge is 0.481 e. The summed E-state index contributed by atoms with van der Waals surface area (Å²) in [5.74, 6) is -2.25. The second kappa shape index (κ2) is 5.41. The summed E-state index contributed by atoms with van der Waals surface area (Å²) < 4.78 is 0. The van der Waals surface area contributed by atoms with Crippen molar-refractivity contribution in [1.29, 1.82) is 0 Å². The van der Waals surface area contributed by atoms with E-state index < -0.39 is 17.4 Å². The zero-order valence-corrected chi connectivity index (χ0v) is 11.3. The van der Waals surface area contributed by atoms with Crippen molar-refractivity contribution < 1.29 is 25.0 Å². The zero-order valence-electron chi connectivity index (χ0n) is 11.3. The Morgan fingerprint density at radius 2 is 1.90 bits per heavy atom. The SMILES string of the molecule is CC1(C(=O)O)C=C(c2ccccc2NO)C=C(C(=O)O)C1. The van der Waals surface area contributed by atoms with Crippen LogP contribution in [0.2, 0.25) is 0 Å². The second-order valence-electron chi connectivity index (χ2n) is 5.13. The topological polar surface area (TPSA) is 107 Å². The zero-order chi connectivity index (χ0) is 15.6. The highest BCUT2D eigenvalue weighted by molar-refractivity contribution is 5.97. The average Bonchev–Trinajstić information content (AvgIpc) is 2.46. The monoisotopic (exact) mass is 289 g/mol. The number of carbonyl (C=O) groups is 2. The summed E-state index contributed by atoms with van der Waals surface area (Å²) in [5.41, 5.74) is 2.09. The van der Waals surface area contributed by atoms with Gasteiger partial charge in [0, 0.05) is 11.1 Å². The number of carboxylic acids is 2. The van der Waals surface area contributed by atoms with Crippen LogP contribution >= 0.6 is 0 Å². The van der Waals surface area contributed by atoms with Crippen LogP contribution in [-0.4, -0.2) is 27.4 Å². The Bertz CT molecular complexity index is 662. The molecule has 1 aliphatic carbocycles. The molecule has 0 saturated heterocycles. The maximum Gasteiger partial charge on any atom is 0.331 e. The van der Waals surface area contributed by atoms with Crippen LogP contribution < -0.4 is 5.48 Å². The first-order chi connectivity index (χ1) is 9.87. The fourth-order valence-corrected chi connectivity index (χ4v) is 2.33. The normalized spacial score (nSPS) is 21.2. The molecule has 0 fully saturated rings. The number of hydrogen-bond acceptors (Lipinski definition) is 4. The van der Waals surface area contributed by atoms with Crippen LogP contribution in [-0.2, 0) is 9.59 Å². The van der Waals surface area contributed by atoms with Gasteiger partial charge >= 0.3 is 11.9 Å². The van der Waals surface area contributed by atoms with Crippen molar-refractivity contribution in [2.75, 3.05) is 5.48 Å². The molecule has 6 nitrogen and oxygen atoms in total. The highest BCUT2D eigenvalue weighted by Gasteiger charge is 2.37. The molecular weight excluding hydrogens is 274 g/mol. The Morgan fingerprint density at radius 1 is 1.24 bits per heavy atom. The van der Waals surface area contributed by atoms with Crippen LogP contribution in [0.5, 0.6) is 0 Å². The van der Waals surface area contributed by atoms with Gasteiger partial charge in [-0.05, 0) is 31.1 Å². The minimum absolute atomic E-state index is 0.0187. The molecule has 1 aliphatic rings. The van der Waals surface area contributed by atoms with Gasteiger partial charge in [0.1, 0.15) is 0 Å². The van der Waals surface area contributed by atoms with Crippen LogP contribution in [0.1, 0.15) is 18.9 Å². The third-order valence-corrected chi connectivity index (χ3v) is 3.48. The van der Waals surface area contributed by atoms with Crippen LogP contribution in [0, 0.1) is 5.41 Å². The van der Waals surface area contributed by atoms with Gasteiger partial charge in [-0.3, -0.25) is 15.5 Å². The fourth-order valence-electron chi connectivity index (χ4n) is 2.33. The highest BCUT2D eigenvalue weighted by atomic mass is 16.5. The number of allylic oxidation sites excluding steroid dienone is 2. The van der Waals surface area contributed by atoms with Gasteiger partial charge < -0.3 is 10.2 Å². The molecule has 0 heterocycles. The number of anilines is 1. The van der Waals surface area contributed by atoms with E-state index in [0.29, 0.717) is 16.8 Å². The van der Waals surface area contributed by atoms with Crippen LogP contribution in [0.15, 0.2) is 42.0 Å². The van der Waals surface area contributed by atoms with Gasteiger partial charge in [-0.15, -0.1) is 0 Å². The minimum atomic E-state index is -1.31. The molecule has 1 unspecified atom stereocenters. The molecule has 0 saturated carbocycles. The Labute approximate surface area is 121 Å². The second-order valence-corrected chi connectivity index (χ2v) is 5.13. The molecular formula is C15H15NO5. The smallest absolute Gasteiger partial charge is 0.331 e. The molecule has 0 bridgehead atoms. The lowest BCUT2D eigenvalue weighted by Gasteiger charge is -2.27. The summed E-state index contributed by atoms with van der Waals surface area (Å²) in [6, 6.07) is 6.70. The third kappa shape index (κ3) is 2.80. The number of aliphatic carboxylic acids is 2. The summed E-state index contributed by atoms with van der Waals surface area (Å²) in [4.78, 5) is 22.7. The van der Waals surface area contributed by atoms with Crippen molar-refractivity contribution in [2.45, 2.75) is 13.3 Å². The van der Waals surface area contributed by atoms with E-state index >= 15 is 0 Å². The van der Waals surface area contributed by atoms with Crippen molar-refractivity contribution in [3.05, 3.63) is 47.6 Å². The molecule has 110 valence electrons. The van der Waals surface area contributed by atoms with E-state index in [1.807, 2.05) is 5.48 Å². The minimum Gasteiger partial charge on any atom is -0.481 e. The van der Waals surface area contributed by atoms with Gasteiger partial charge in [-0.1, -0.05) is 24.3 Å². The summed E-state index contributed by atoms with van der Waals surface area (Å²) >= 11 is 0. The van der Waals surface area contributed by atoms with E-state index in [1.165, 1.54) is 19.1 Å². The lowest BCUT2D eigenvalue weighted by Crippen LogP contribution is -2.29. The molecule has 0 amide bonds.